The van der Waals surface area contributed by atoms with E-state index >= 15 is 0 Å². The first kappa shape index (κ1) is 19.3. The summed E-state index contributed by atoms with van der Waals surface area (Å²) in [5.74, 6) is -0.930. The highest BCUT2D eigenvalue weighted by atomic mass is 16.3. The molecule has 1 atom stereocenters. The van der Waals surface area contributed by atoms with Gasteiger partial charge in [-0.2, -0.15) is 0 Å². The Morgan fingerprint density at radius 3 is 2.83 bits per heavy atom. The molecule has 9 heteroatoms. The highest BCUT2D eigenvalue weighted by molar-refractivity contribution is 6.05. The predicted octanol–water partition coefficient (Wildman–Crippen LogP) is 0.733. The number of amides is 3. The third kappa shape index (κ3) is 3.77. The number of fused-ring (bicyclic) bond motifs is 1. The monoisotopic (exact) mass is 397 g/mol. The summed E-state index contributed by atoms with van der Waals surface area (Å²) in [6.07, 6.45) is 5.82. The predicted molar refractivity (Wildman–Crippen MR) is 102 cm³/mol. The molecular weight excluding hydrogens is 374 g/mol. The van der Waals surface area contributed by atoms with Crippen molar-refractivity contribution >= 4 is 17.7 Å². The minimum Gasteiger partial charge on any atom is -0.396 e. The van der Waals surface area contributed by atoms with Gasteiger partial charge in [0.1, 0.15) is 6.04 Å². The van der Waals surface area contributed by atoms with Gasteiger partial charge in [-0.05, 0) is 37.8 Å². The summed E-state index contributed by atoms with van der Waals surface area (Å²) in [6, 6.07) is 4.78. The number of aliphatic hydroxyl groups excluding tert-OH is 1. The lowest BCUT2D eigenvalue weighted by molar-refractivity contribution is -0.136. The molecule has 1 aromatic carbocycles. The first-order chi connectivity index (χ1) is 14.1. The molecule has 3 amide bonds. The SMILES string of the molecule is O=C1CCC(N2Cc3c(cccc3-n3cc(CCCCCO)nn3)C2=O)C(=O)N1. The molecule has 3 heterocycles. The maximum Gasteiger partial charge on any atom is 0.255 e. The van der Waals surface area contributed by atoms with Crippen molar-refractivity contribution < 1.29 is 19.5 Å². The van der Waals surface area contributed by atoms with Crippen LogP contribution in [0.4, 0.5) is 0 Å². The number of hydrogen-bond acceptors (Lipinski definition) is 6. The van der Waals surface area contributed by atoms with Crippen LogP contribution in [0.25, 0.3) is 5.69 Å². The zero-order valence-corrected chi connectivity index (χ0v) is 16.0. The Kier molecular flexibility index (Phi) is 5.39. The van der Waals surface area contributed by atoms with E-state index < -0.39 is 11.9 Å². The van der Waals surface area contributed by atoms with Gasteiger partial charge in [0.05, 0.1) is 17.6 Å². The number of carbonyl (C=O) groups excluding carboxylic acids is 3. The Morgan fingerprint density at radius 1 is 1.17 bits per heavy atom. The van der Waals surface area contributed by atoms with Crippen LogP contribution in [-0.4, -0.2) is 55.4 Å². The summed E-state index contributed by atoms with van der Waals surface area (Å²) in [5.41, 5.74) is 2.97. The fourth-order valence-electron chi connectivity index (χ4n) is 3.91. The van der Waals surface area contributed by atoms with E-state index in [1.54, 1.807) is 16.8 Å². The van der Waals surface area contributed by atoms with Crippen LogP contribution in [0.1, 0.15) is 53.7 Å². The standard InChI is InChI=1S/C20H23N5O4/c26-10-3-1-2-5-13-11-25(23-22-13)16-7-4-6-14-15(16)12-24(20(14)29)17-8-9-18(27)21-19(17)28/h4,6-7,11,17,26H,1-3,5,8-10,12H2,(H,21,27,28). The molecule has 0 aliphatic carbocycles. The first-order valence-electron chi connectivity index (χ1n) is 9.87. The highest BCUT2D eigenvalue weighted by Crippen LogP contribution is 2.31. The average molecular weight is 397 g/mol. The lowest BCUT2D eigenvalue weighted by atomic mass is 10.0. The second-order valence-electron chi connectivity index (χ2n) is 7.39. The number of piperidine rings is 1. The maximum absolute atomic E-state index is 12.9. The number of unbranched alkanes of at least 4 members (excludes halogenated alkanes) is 2. The molecule has 1 saturated heterocycles. The van der Waals surface area contributed by atoms with Crippen molar-refractivity contribution in [1.29, 1.82) is 0 Å². The fraction of sp³-hybridized carbons (Fsp3) is 0.450. The van der Waals surface area contributed by atoms with Crippen molar-refractivity contribution in [3.05, 3.63) is 41.2 Å². The molecule has 2 aromatic rings. The Morgan fingerprint density at radius 2 is 2.03 bits per heavy atom. The molecule has 0 bridgehead atoms. The number of nitrogens with one attached hydrogen (secondary N) is 1. The lowest BCUT2D eigenvalue weighted by Gasteiger charge is -2.29. The van der Waals surface area contributed by atoms with E-state index in [0.29, 0.717) is 18.5 Å². The molecule has 152 valence electrons. The zero-order valence-electron chi connectivity index (χ0n) is 16.0. The summed E-state index contributed by atoms with van der Waals surface area (Å²) in [7, 11) is 0. The van der Waals surface area contributed by atoms with E-state index in [9.17, 15) is 14.4 Å². The quantitative estimate of drug-likeness (QED) is 0.525. The maximum atomic E-state index is 12.9. The van der Waals surface area contributed by atoms with Crippen LogP contribution in [0.15, 0.2) is 24.4 Å². The van der Waals surface area contributed by atoms with Gasteiger partial charge in [0.25, 0.3) is 5.91 Å². The normalized spacial score (nSPS) is 18.9. The molecule has 1 unspecified atom stereocenters. The Balaban J connectivity index is 1.54. The second kappa shape index (κ2) is 8.12. The summed E-state index contributed by atoms with van der Waals surface area (Å²) in [4.78, 5) is 38.1. The molecule has 29 heavy (non-hydrogen) atoms. The number of rotatable bonds is 7. The molecule has 2 N–H and O–H groups in total. The van der Waals surface area contributed by atoms with Gasteiger partial charge in [0, 0.05) is 30.7 Å². The molecule has 4 rings (SSSR count). The van der Waals surface area contributed by atoms with Crippen LogP contribution < -0.4 is 5.32 Å². The fourth-order valence-corrected chi connectivity index (χ4v) is 3.91. The summed E-state index contributed by atoms with van der Waals surface area (Å²) in [6.45, 7) is 0.489. The number of carbonyl (C=O) groups is 3. The molecule has 0 spiro atoms. The summed E-state index contributed by atoms with van der Waals surface area (Å²) >= 11 is 0. The Labute approximate surface area is 167 Å². The summed E-state index contributed by atoms with van der Waals surface area (Å²) < 4.78 is 1.67. The molecule has 2 aliphatic heterocycles. The smallest absolute Gasteiger partial charge is 0.255 e. The number of aryl methyl sites for hydroxylation is 1. The van der Waals surface area contributed by atoms with Gasteiger partial charge in [-0.15, -0.1) is 5.10 Å². The molecule has 2 aliphatic rings. The number of hydrogen-bond donors (Lipinski definition) is 2. The van der Waals surface area contributed by atoms with Crippen LogP contribution in [0.5, 0.6) is 0 Å². The largest absolute Gasteiger partial charge is 0.396 e. The molecule has 1 aromatic heterocycles. The van der Waals surface area contributed by atoms with Crippen LogP contribution in [0.2, 0.25) is 0 Å². The molecule has 0 radical (unpaired) electrons. The van der Waals surface area contributed by atoms with Crippen molar-refractivity contribution in [3.63, 3.8) is 0 Å². The van der Waals surface area contributed by atoms with Gasteiger partial charge in [0.2, 0.25) is 11.8 Å². The zero-order chi connectivity index (χ0) is 20.4. The van der Waals surface area contributed by atoms with Crippen molar-refractivity contribution in [2.45, 2.75) is 51.1 Å². The van der Waals surface area contributed by atoms with Gasteiger partial charge in [0.15, 0.2) is 0 Å². The minimum absolute atomic E-state index is 0.195. The molecule has 0 saturated carbocycles. The Hall–Kier alpha value is -3.07. The topological polar surface area (TPSA) is 117 Å². The van der Waals surface area contributed by atoms with Crippen LogP contribution >= 0.6 is 0 Å². The van der Waals surface area contributed by atoms with Gasteiger partial charge in [-0.25, -0.2) is 4.68 Å². The number of aromatic nitrogens is 3. The van der Waals surface area contributed by atoms with E-state index in [1.807, 2.05) is 12.3 Å². The third-order valence-corrected chi connectivity index (χ3v) is 5.44. The van der Waals surface area contributed by atoms with E-state index in [-0.39, 0.29) is 24.8 Å². The van der Waals surface area contributed by atoms with Crippen molar-refractivity contribution in [2.75, 3.05) is 6.61 Å². The number of aliphatic hydroxyl groups is 1. The van der Waals surface area contributed by atoms with Gasteiger partial charge in [-0.1, -0.05) is 17.7 Å². The second-order valence-corrected chi connectivity index (χ2v) is 7.39. The van der Waals surface area contributed by atoms with Crippen molar-refractivity contribution in [3.8, 4) is 5.69 Å². The third-order valence-electron chi connectivity index (χ3n) is 5.44. The van der Waals surface area contributed by atoms with Crippen LogP contribution in [-0.2, 0) is 22.6 Å². The van der Waals surface area contributed by atoms with E-state index in [0.717, 1.165) is 42.6 Å². The van der Waals surface area contributed by atoms with E-state index in [2.05, 4.69) is 15.6 Å². The molecular formula is C20H23N5O4. The number of benzene rings is 1. The van der Waals surface area contributed by atoms with E-state index in [4.69, 9.17) is 5.11 Å². The Bertz CT molecular complexity index is 954. The number of nitrogens with zero attached hydrogens (tertiary/aromatic N) is 4. The van der Waals surface area contributed by atoms with Gasteiger partial charge in [-0.3, -0.25) is 19.7 Å². The van der Waals surface area contributed by atoms with Crippen LogP contribution in [0, 0.1) is 0 Å². The average Bonchev–Trinajstić information content (AvgIpc) is 3.30. The van der Waals surface area contributed by atoms with Gasteiger partial charge < -0.3 is 10.0 Å². The van der Waals surface area contributed by atoms with Crippen molar-refractivity contribution in [2.24, 2.45) is 0 Å². The van der Waals surface area contributed by atoms with Gasteiger partial charge >= 0.3 is 0 Å². The van der Waals surface area contributed by atoms with Crippen molar-refractivity contribution in [1.82, 2.24) is 25.2 Å². The summed E-state index contributed by atoms with van der Waals surface area (Å²) in [5, 5.41) is 19.6. The lowest BCUT2D eigenvalue weighted by Crippen LogP contribution is -2.52. The highest BCUT2D eigenvalue weighted by Gasteiger charge is 2.40. The minimum atomic E-state index is -0.640. The first-order valence-corrected chi connectivity index (χ1v) is 9.87. The van der Waals surface area contributed by atoms with Crippen LogP contribution in [0.3, 0.4) is 0 Å². The molecule has 9 nitrogen and oxygen atoms in total. The van der Waals surface area contributed by atoms with E-state index in [1.165, 1.54) is 4.90 Å². The number of imide groups is 1. The molecule has 1 fully saturated rings.